The van der Waals surface area contributed by atoms with E-state index in [4.69, 9.17) is 21.3 Å². The molecular formula is C42H40ClN9O4S. The normalized spacial score (nSPS) is 19.6. The van der Waals surface area contributed by atoms with Crippen molar-refractivity contribution < 1.29 is 19.1 Å². The van der Waals surface area contributed by atoms with Crippen molar-refractivity contribution in [3.8, 4) is 22.6 Å². The van der Waals surface area contributed by atoms with Gasteiger partial charge in [0, 0.05) is 59.5 Å². The van der Waals surface area contributed by atoms with Gasteiger partial charge in [0.1, 0.15) is 34.8 Å². The maximum Gasteiger partial charge on any atom is 0.255 e. The van der Waals surface area contributed by atoms with E-state index in [1.54, 1.807) is 22.3 Å². The van der Waals surface area contributed by atoms with Gasteiger partial charge in [0.15, 0.2) is 5.82 Å². The molecular weight excluding hydrogens is 762 g/mol. The highest BCUT2D eigenvalue weighted by molar-refractivity contribution is 7.15. The molecule has 57 heavy (non-hydrogen) atoms. The predicted molar refractivity (Wildman–Crippen MR) is 215 cm³/mol. The summed E-state index contributed by atoms with van der Waals surface area (Å²) >= 11 is 7.87. The van der Waals surface area contributed by atoms with Crippen LogP contribution < -0.4 is 10.1 Å². The molecule has 0 radical (unpaired) electrons. The standard InChI is InChI=1S/C42H40ClN9O4S/c1-24-35(57-42-37(24)38(28-8-10-29(43)11-9-28)45-25(2)39-48-47-26(3)52(39)42)13-7-27-21-44-50(22-27)20-19-49-17-15-30(16-18-49)56-34-6-4-5-31-32(34)23-51(41(31)55)33-12-14-36(53)46-40(33)54/h4-6,8-11,21-22,25,30,33H,12,14-20,23H2,1-3H3,(H,46,53,54)/t25-,33?/m0/s1. The summed E-state index contributed by atoms with van der Waals surface area (Å²) in [5.74, 6) is 8.18. The van der Waals surface area contributed by atoms with Crippen LogP contribution in [0.25, 0.3) is 5.00 Å². The fourth-order valence-corrected chi connectivity index (χ4v) is 9.46. The Kier molecular flexibility index (Phi) is 9.76. The van der Waals surface area contributed by atoms with Crippen molar-refractivity contribution in [2.45, 2.75) is 77.7 Å². The van der Waals surface area contributed by atoms with Crippen LogP contribution in [-0.2, 0) is 22.7 Å². The fraction of sp³-hybridized carbons (Fsp3) is 0.357. The zero-order valence-electron chi connectivity index (χ0n) is 31.8. The smallest absolute Gasteiger partial charge is 0.255 e. The number of hydrogen-bond donors (Lipinski definition) is 1. The van der Waals surface area contributed by atoms with E-state index in [9.17, 15) is 14.4 Å². The number of carbonyl (C=O) groups is 3. The summed E-state index contributed by atoms with van der Waals surface area (Å²) in [6.45, 7) is 9.74. The third kappa shape index (κ3) is 7.04. The molecule has 3 aromatic heterocycles. The van der Waals surface area contributed by atoms with Crippen LogP contribution in [0.15, 0.2) is 59.9 Å². The number of aryl methyl sites for hydroxylation is 1. The number of aliphatic imine (C=N–C) groups is 1. The van der Waals surface area contributed by atoms with Gasteiger partial charge in [-0.3, -0.25) is 33.9 Å². The molecule has 0 aliphatic carbocycles. The summed E-state index contributed by atoms with van der Waals surface area (Å²) in [7, 11) is 0. The molecule has 2 aromatic carbocycles. The average molecular weight is 802 g/mol. The Morgan fingerprint density at radius 2 is 1.81 bits per heavy atom. The number of nitrogens with zero attached hydrogens (tertiary/aromatic N) is 8. The summed E-state index contributed by atoms with van der Waals surface area (Å²) in [4.78, 5) is 47.5. The quantitative estimate of drug-likeness (QED) is 0.170. The van der Waals surface area contributed by atoms with Gasteiger partial charge < -0.3 is 14.5 Å². The molecule has 2 fully saturated rings. The predicted octanol–water partition coefficient (Wildman–Crippen LogP) is 5.41. The van der Waals surface area contributed by atoms with E-state index in [-0.39, 0.29) is 30.4 Å². The number of imide groups is 1. The molecule has 1 N–H and O–H groups in total. The number of fused-ring (bicyclic) bond motifs is 4. The maximum atomic E-state index is 13.2. The Hall–Kier alpha value is -5.62. The highest BCUT2D eigenvalue weighted by Gasteiger charge is 2.40. The lowest BCUT2D eigenvalue weighted by Crippen LogP contribution is -2.52. The van der Waals surface area contributed by atoms with Crippen molar-refractivity contribution in [2.24, 2.45) is 4.99 Å². The average Bonchev–Trinajstić information content (AvgIpc) is 3.97. The highest BCUT2D eigenvalue weighted by Crippen LogP contribution is 2.39. The highest BCUT2D eigenvalue weighted by atomic mass is 35.5. The number of halogens is 1. The minimum Gasteiger partial charge on any atom is -0.490 e. The van der Waals surface area contributed by atoms with Gasteiger partial charge in [-0.1, -0.05) is 41.6 Å². The van der Waals surface area contributed by atoms with Gasteiger partial charge in [-0.25, -0.2) is 0 Å². The van der Waals surface area contributed by atoms with Crippen molar-refractivity contribution in [1.82, 2.24) is 39.7 Å². The van der Waals surface area contributed by atoms with E-state index < -0.39 is 11.9 Å². The van der Waals surface area contributed by atoms with Crippen molar-refractivity contribution in [3.05, 3.63) is 110 Å². The molecule has 5 aromatic rings. The Bertz CT molecular complexity index is 2520. The van der Waals surface area contributed by atoms with Crippen molar-refractivity contribution in [2.75, 3.05) is 19.6 Å². The third-order valence-corrected chi connectivity index (χ3v) is 12.6. The molecule has 9 rings (SSSR count). The summed E-state index contributed by atoms with van der Waals surface area (Å²) in [6.07, 6.45) is 6.10. The lowest BCUT2D eigenvalue weighted by Gasteiger charge is -2.32. The number of piperidine rings is 2. The second-order valence-electron chi connectivity index (χ2n) is 14.9. The first-order valence-corrected chi connectivity index (χ1v) is 20.4. The summed E-state index contributed by atoms with van der Waals surface area (Å²) in [5.41, 5.74) is 6.18. The number of amides is 3. The van der Waals surface area contributed by atoms with Gasteiger partial charge in [-0.05, 0) is 69.9 Å². The van der Waals surface area contributed by atoms with E-state index >= 15 is 0 Å². The zero-order valence-corrected chi connectivity index (χ0v) is 33.4. The van der Waals surface area contributed by atoms with Crippen LogP contribution in [0.3, 0.4) is 0 Å². The van der Waals surface area contributed by atoms with Gasteiger partial charge in [-0.2, -0.15) is 5.10 Å². The lowest BCUT2D eigenvalue weighted by molar-refractivity contribution is -0.136. The van der Waals surface area contributed by atoms with Crippen molar-refractivity contribution in [1.29, 1.82) is 0 Å². The Balaban J connectivity index is 0.829. The van der Waals surface area contributed by atoms with E-state index in [0.29, 0.717) is 29.3 Å². The minimum absolute atomic E-state index is 0.0207. The zero-order chi connectivity index (χ0) is 39.4. The SMILES string of the molecule is Cc1c(C#Cc2cnn(CCN3CCC(Oc4cccc5c4CN(C4CCC(=O)NC4=O)C5=O)CC3)c2)sc2c1C(c1ccc(Cl)cc1)=N[C@@H](C)c1nnc(C)n1-2. The number of carbonyl (C=O) groups excluding carboxylic acids is 3. The van der Waals surface area contributed by atoms with E-state index in [1.807, 2.05) is 67.3 Å². The Morgan fingerprint density at radius 3 is 2.60 bits per heavy atom. The number of aromatic nitrogens is 5. The molecule has 0 spiro atoms. The largest absolute Gasteiger partial charge is 0.490 e. The molecule has 2 atom stereocenters. The molecule has 4 aliphatic heterocycles. The molecule has 13 nitrogen and oxygen atoms in total. The van der Waals surface area contributed by atoms with Gasteiger partial charge in [-0.15, -0.1) is 21.5 Å². The second-order valence-corrected chi connectivity index (χ2v) is 16.4. The van der Waals surface area contributed by atoms with Crippen LogP contribution in [0.4, 0.5) is 0 Å². The van der Waals surface area contributed by atoms with Gasteiger partial charge >= 0.3 is 0 Å². The summed E-state index contributed by atoms with van der Waals surface area (Å²) in [5, 5.41) is 17.5. The van der Waals surface area contributed by atoms with E-state index in [1.165, 1.54) is 0 Å². The first-order chi connectivity index (χ1) is 27.6. The second kappa shape index (κ2) is 15.0. The monoisotopic (exact) mass is 801 g/mol. The van der Waals surface area contributed by atoms with Crippen LogP contribution in [0, 0.1) is 25.7 Å². The topological polar surface area (TPSA) is 140 Å². The van der Waals surface area contributed by atoms with Crippen molar-refractivity contribution in [3.63, 3.8) is 0 Å². The number of rotatable bonds is 7. The van der Waals surface area contributed by atoms with Crippen LogP contribution in [0.2, 0.25) is 5.02 Å². The van der Waals surface area contributed by atoms with Crippen LogP contribution >= 0.6 is 22.9 Å². The molecule has 3 amide bonds. The molecule has 2 saturated heterocycles. The molecule has 290 valence electrons. The van der Waals surface area contributed by atoms with Gasteiger partial charge in [0.2, 0.25) is 11.8 Å². The first-order valence-electron chi connectivity index (χ1n) is 19.2. The number of hydrogen-bond acceptors (Lipinski definition) is 10. The Morgan fingerprint density at radius 1 is 1.00 bits per heavy atom. The minimum atomic E-state index is -0.652. The number of benzene rings is 2. The maximum absolute atomic E-state index is 13.2. The number of thiophene rings is 1. The lowest BCUT2D eigenvalue weighted by atomic mass is 9.99. The van der Waals surface area contributed by atoms with Gasteiger partial charge in [0.05, 0.1) is 35.4 Å². The van der Waals surface area contributed by atoms with E-state index in [2.05, 4.69) is 48.8 Å². The van der Waals surface area contributed by atoms with Crippen LogP contribution in [0.1, 0.15) is 93.4 Å². The number of nitrogens with one attached hydrogen (secondary N) is 1. The molecule has 0 bridgehead atoms. The third-order valence-electron chi connectivity index (χ3n) is 11.2. The fourth-order valence-electron chi connectivity index (χ4n) is 8.12. The van der Waals surface area contributed by atoms with Gasteiger partial charge in [0.25, 0.3) is 5.91 Å². The molecule has 15 heteroatoms. The number of likely N-dealkylation sites (tertiary alicyclic amines) is 1. The molecule has 7 heterocycles. The first kappa shape index (κ1) is 37.0. The molecule has 0 saturated carbocycles. The van der Waals surface area contributed by atoms with Crippen molar-refractivity contribution >= 4 is 46.4 Å². The Labute approximate surface area is 338 Å². The van der Waals surface area contributed by atoms with Crippen LogP contribution in [-0.4, -0.2) is 89.6 Å². The molecule has 1 unspecified atom stereocenters. The van der Waals surface area contributed by atoms with Crippen LogP contribution in [0.5, 0.6) is 5.75 Å². The van der Waals surface area contributed by atoms with E-state index in [0.717, 1.165) is 94.1 Å². The molecule has 4 aliphatic rings. The summed E-state index contributed by atoms with van der Waals surface area (Å²) < 4.78 is 10.5. The summed E-state index contributed by atoms with van der Waals surface area (Å²) in [6, 6.07) is 12.5. The number of ether oxygens (including phenoxy) is 1.